The van der Waals surface area contributed by atoms with E-state index in [9.17, 15) is 13.6 Å². The van der Waals surface area contributed by atoms with Crippen LogP contribution in [0.1, 0.15) is 42.6 Å². The van der Waals surface area contributed by atoms with Crippen molar-refractivity contribution in [2.24, 2.45) is 0 Å². The summed E-state index contributed by atoms with van der Waals surface area (Å²) < 4.78 is 26.4. The van der Waals surface area contributed by atoms with Gasteiger partial charge in [0.1, 0.15) is 5.69 Å². The number of pyridine rings is 1. The topological polar surface area (TPSA) is 66.1 Å². The van der Waals surface area contributed by atoms with Gasteiger partial charge >= 0.3 is 0 Å². The number of amides is 1. The van der Waals surface area contributed by atoms with Crippen molar-refractivity contribution in [2.45, 2.75) is 47.9 Å². The number of aromatic nitrogens is 1. The summed E-state index contributed by atoms with van der Waals surface area (Å²) in [7, 11) is 0. The molecule has 0 saturated heterocycles. The fraction of sp³-hybridized carbons (Fsp3) is 0.240. The summed E-state index contributed by atoms with van der Waals surface area (Å²) in [5.74, 6) is -1.99. The van der Waals surface area contributed by atoms with Crippen LogP contribution in [-0.2, 0) is 0 Å². The van der Waals surface area contributed by atoms with Crippen molar-refractivity contribution in [2.75, 3.05) is 10.6 Å². The van der Waals surface area contributed by atoms with E-state index in [1.165, 1.54) is 24.2 Å². The molecule has 0 spiro atoms. The number of anilines is 2. The molecule has 0 unspecified atom stereocenters. The summed E-state index contributed by atoms with van der Waals surface area (Å²) in [6.07, 6.45) is 7.26. The van der Waals surface area contributed by atoms with Crippen LogP contribution in [-0.4, -0.2) is 22.0 Å². The van der Waals surface area contributed by atoms with Gasteiger partial charge in [-0.3, -0.25) is 9.78 Å². The zero-order valence-electron chi connectivity index (χ0n) is 18.3. The lowest BCUT2D eigenvalue weighted by molar-refractivity contribution is 0.0922. The Bertz CT molecular complexity index is 1170. The lowest BCUT2D eigenvalue weighted by atomic mass is 9.95. The van der Waals surface area contributed by atoms with Crippen molar-refractivity contribution >= 4 is 46.4 Å². The van der Waals surface area contributed by atoms with E-state index < -0.39 is 11.6 Å². The number of rotatable bonds is 6. The van der Waals surface area contributed by atoms with Crippen molar-refractivity contribution in [1.29, 1.82) is 0 Å². The molecule has 0 aliphatic heterocycles. The van der Waals surface area contributed by atoms with E-state index in [0.29, 0.717) is 11.4 Å². The first-order valence-corrected chi connectivity index (χ1v) is 12.3. The lowest BCUT2D eigenvalue weighted by Crippen LogP contribution is -2.36. The Morgan fingerprint density at radius 2 is 1.59 bits per heavy atom. The van der Waals surface area contributed by atoms with Gasteiger partial charge in [-0.25, -0.2) is 8.78 Å². The Hall–Kier alpha value is -3.04. The second-order valence-electron chi connectivity index (χ2n) is 8.02. The van der Waals surface area contributed by atoms with Crippen molar-refractivity contribution < 1.29 is 13.6 Å². The molecule has 1 aliphatic carbocycles. The number of nitrogens with one attached hydrogen (secondary N) is 3. The molecule has 1 aromatic heterocycles. The average molecular weight is 499 g/mol. The van der Waals surface area contributed by atoms with E-state index in [1.807, 2.05) is 30.3 Å². The highest BCUT2D eigenvalue weighted by Crippen LogP contribution is 2.29. The number of benzene rings is 2. The summed E-state index contributed by atoms with van der Waals surface area (Å²) in [5.41, 5.74) is 1.51. The van der Waals surface area contributed by atoms with Crippen LogP contribution in [0.4, 0.5) is 20.2 Å². The molecule has 5 nitrogen and oxygen atoms in total. The molecule has 1 amide bonds. The van der Waals surface area contributed by atoms with E-state index >= 15 is 0 Å². The van der Waals surface area contributed by atoms with Crippen molar-refractivity contribution in [3.63, 3.8) is 0 Å². The lowest BCUT2D eigenvalue weighted by Gasteiger charge is -2.22. The predicted molar refractivity (Wildman–Crippen MR) is 135 cm³/mol. The highest BCUT2D eigenvalue weighted by molar-refractivity contribution is 7.99. The molecule has 1 aliphatic rings. The van der Waals surface area contributed by atoms with Crippen molar-refractivity contribution in [3.8, 4) is 0 Å². The molecule has 0 radical (unpaired) electrons. The van der Waals surface area contributed by atoms with Gasteiger partial charge in [-0.1, -0.05) is 31.0 Å². The first kappa shape index (κ1) is 24.1. The van der Waals surface area contributed by atoms with Gasteiger partial charge in [-0.15, -0.1) is 0 Å². The van der Waals surface area contributed by atoms with Crippen molar-refractivity contribution in [3.05, 3.63) is 78.1 Å². The van der Waals surface area contributed by atoms with Crippen LogP contribution in [0.25, 0.3) is 0 Å². The minimum Gasteiger partial charge on any atom is -0.348 e. The minimum atomic E-state index is -0.945. The molecule has 0 atom stereocenters. The Labute approximate surface area is 206 Å². The minimum absolute atomic E-state index is 0.129. The number of carbonyl (C=O) groups excluding carboxylic acids is 1. The normalized spacial score (nSPS) is 13.8. The highest BCUT2D eigenvalue weighted by atomic mass is 32.2. The summed E-state index contributed by atoms with van der Waals surface area (Å²) in [5, 5.41) is 9.19. The predicted octanol–water partition coefficient (Wildman–Crippen LogP) is 6.38. The molecule has 9 heteroatoms. The highest BCUT2D eigenvalue weighted by Gasteiger charge is 2.17. The van der Waals surface area contributed by atoms with Gasteiger partial charge in [-0.2, -0.15) is 0 Å². The molecule has 176 valence electrons. The molecule has 34 heavy (non-hydrogen) atoms. The molecule has 0 bridgehead atoms. The van der Waals surface area contributed by atoms with Gasteiger partial charge in [-0.05, 0) is 73.6 Å². The van der Waals surface area contributed by atoms with E-state index in [4.69, 9.17) is 12.2 Å². The number of hydrogen-bond donors (Lipinski definition) is 3. The van der Waals surface area contributed by atoms with E-state index in [2.05, 4.69) is 20.9 Å². The van der Waals surface area contributed by atoms with Crippen molar-refractivity contribution in [1.82, 2.24) is 10.3 Å². The fourth-order valence-corrected chi connectivity index (χ4v) is 4.79. The second kappa shape index (κ2) is 11.4. The molecular formula is C25H24F2N4OS2. The van der Waals surface area contributed by atoms with Crippen LogP contribution in [0.15, 0.2) is 70.6 Å². The maximum Gasteiger partial charge on any atom is 0.270 e. The fourth-order valence-electron chi connectivity index (χ4n) is 3.71. The van der Waals surface area contributed by atoms with E-state index in [1.54, 1.807) is 12.3 Å². The SMILES string of the molecule is O=C(NC1CCCCC1)c1cc(Sc2ccc(NC(=S)Nc3ccc(F)c(F)c3)cc2)ccn1. The molecule has 2 aromatic carbocycles. The van der Waals surface area contributed by atoms with Gasteiger partial charge in [0, 0.05) is 39.5 Å². The summed E-state index contributed by atoms with van der Waals surface area (Å²) >= 11 is 6.77. The largest absolute Gasteiger partial charge is 0.348 e. The average Bonchev–Trinajstić information content (AvgIpc) is 2.83. The Balaban J connectivity index is 1.32. The number of nitrogens with zero attached hydrogens (tertiary/aromatic N) is 1. The number of thiocarbonyl (C=S) groups is 1. The maximum atomic E-state index is 13.3. The monoisotopic (exact) mass is 498 g/mol. The molecule has 3 N–H and O–H groups in total. The van der Waals surface area contributed by atoms with Gasteiger partial charge in [0.25, 0.3) is 5.91 Å². The first-order valence-electron chi connectivity index (χ1n) is 11.0. The maximum absolute atomic E-state index is 13.3. The number of halogens is 2. The molecule has 3 aromatic rings. The molecule has 4 rings (SSSR count). The van der Waals surface area contributed by atoms with Crippen LogP contribution in [0.3, 0.4) is 0 Å². The molecule has 1 heterocycles. The zero-order chi connectivity index (χ0) is 23.9. The van der Waals surface area contributed by atoms with Gasteiger partial charge in [0.2, 0.25) is 0 Å². The number of hydrogen-bond acceptors (Lipinski definition) is 4. The van der Waals surface area contributed by atoms with E-state index in [-0.39, 0.29) is 17.1 Å². The van der Waals surface area contributed by atoms with Crippen LogP contribution in [0.2, 0.25) is 0 Å². The standard InChI is InChI=1S/C25H24F2N4OS2/c26-21-11-8-18(14-22(21)27)31-25(33)30-17-6-9-19(10-7-17)34-20-12-13-28-23(15-20)24(32)29-16-4-2-1-3-5-16/h6-16H,1-5H2,(H,29,32)(H2,30,31,33). The third kappa shape index (κ3) is 6.74. The molecular weight excluding hydrogens is 474 g/mol. The Morgan fingerprint density at radius 3 is 2.32 bits per heavy atom. The molecule has 1 saturated carbocycles. The third-order valence-corrected chi connectivity index (χ3v) is 6.63. The van der Waals surface area contributed by atoms with Crippen LogP contribution in [0.5, 0.6) is 0 Å². The Morgan fingerprint density at radius 1 is 0.882 bits per heavy atom. The first-order chi connectivity index (χ1) is 16.5. The van der Waals surface area contributed by atoms with Gasteiger partial charge in [0.15, 0.2) is 16.7 Å². The summed E-state index contributed by atoms with van der Waals surface area (Å²) in [6.45, 7) is 0. The van der Waals surface area contributed by atoms with Crippen LogP contribution < -0.4 is 16.0 Å². The van der Waals surface area contributed by atoms with Crippen LogP contribution in [0, 0.1) is 11.6 Å². The smallest absolute Gasteiger partial charge is 0.270 e. The second-order valence-corrected chi connectivity index (χ2v) is 9.57. The van der Waals surface area contributed by atoms with Gasteiger partial charge < -0.3 is 16.0 Å². The zero-order valence-corrected chi connectivity index (χ0v) is 19.9. The Kier molecular flexibility index (Phi) is 8.08. The quantitative estimate of drug-likeness (QED) is 0.343. The molecule has 1 fully saturated rings. The summed E-state index contributed by atoms with van der Waals surface area (Å²) in [4.78, 5) is 18.7. The van der Waals surface area contributed by atoms with E-state index in [0.717, 1.165) is 53.3 Å². The summed E-state index contributed by atoms with van der Waals surface area (Å²) in [6, 6.07) is 15.0. The van der Waals surface area contributed by atoms with Crippen LogP contribution >= 0.6 is 24.0 Å². The number of carbonyl (C=O) groups is 1. The third-order valence-electron chi connectivity index (χ3n) is 5.43. The van der Waals surface area contributed by atoms with Gasteiger partial charge in [0.05, 0.1) is 0 Å².